The summed E-state index contributed by atoms with van der Waals surface area (Å²) < 4.78 is 29.7. The Labute approximate surface area is 187 Å². The highest BCUT2D eigenvalue weighted by atomic mass is 35.5. The highest BCUT2D eigenvalue weighted by Gasteiger charge is 2.54. The third kappa shape index (κ3) is 3.73. The van der Waals surface area contributed by atoms with Crippen LogP contribution in [0.25, 0.3) is 21.5 Å². The number of benzene rings is 2. The van der Waals surface area contributed by atoms with Gasteiger partial charge in [-0.25, -0.2) is 13.4 Å². The largest absolute Gasteiger partial charge is 0.356 e. The van der Waals surface area contributed by atoms with Crippen LogP contribution in [-0.2, 0) is 20.0 Å². The number of fused-ring (bicyclic) bond motifs is 1. The van der Waals surface area contributed by atoms with Gasteiger partial charge in [-0.1, -0.05) is 28.1 Å². The van der Waals surface area contributed by atoms with Gasteiger partial charge in [0.25, 0.3) is 0 Å². The standard InChI is InChI=1S/C21H16ClN3O4S2/c1-31(27,28)14-6-7-15-17(10-14)30-20(23-15)24-19(26)21(8-9-21)18-11-16(29-25-18)12-2-4-13(22)5-3-12/h2-7,10-11H,8-9H2,1H3,(H,23,24,26). The number of thiazole rings is 1. The highest BCUT2D eigenvalue weighted by Crippen LogP contribution is 2.49. The fraction of sp³-hybridized carbons (Fsp3) is 0.190. The molecule has 1 fully saturated rings. The van der Waals surface area contributed by atoms with Crippen LogP contribution >= 0.6 is 22.9 Å². The molecule has 158 valence electrons. The molecule has 2 heterocycles. The Bertz CT molecular complexity index is 1420. The monoisotopic (exact) mass is 473 g/mol. The zero-order valence-electron chi connectivity index (χ0n) is 16.3. The average Bonchev–Trinajstić information content (AvgIpc) is 3.20. The Morgan fingerprint density at radius 3 is 2.58 bits per heavy atom. The summed E-state index contributed by atoms with van der Waals surface area (Å²) in [5, 5.41) is 8.05. The Kier molecular flexibility index (Phi) is 4.65. The van der Waals surface area contributed by atoms with Gasteiger partial charge in [0.15, 0.2) is 20.7 Å². The van der Waals surface area contributed by atoms with E-state index in [9.17, 15) is 13.2 Å². The van der Waals surface area contributed by atoms with Crippen LogP contribution in [-0.4, -0.2) is 30.7 Å². The maximum atomic E-state index is 13.1. The first kappa shape index (κ1) is 20.2. The second-order valence-electron chi connectivity index (χ2n) is 7.54. The lowest BCUT2D eigenvalue weighted by Gasteiger charge is -2.10. The van der Waals surface area contributed by atoms with Gasteiger partial charge in [0.1, 0.15) is 0 Å². The first-order valence-electron chi connectivity index (χ1n) is 9.40. The maximum absolute atomic E-state index is 13.1. The number of carbonyl (C=O) groups is 1. The number of halogens is 1. The molecule has 0 bridgehead atoms. The summed E-state index contributed by atoms with van der Waals surface area (Å²) in [7, 11) is -3.31. The molecule has 1 amide bonds. The van der Waals surface area contributed by atoms with Crippen LogP contribution < -0.4 is 5.32 Å². The van der Waals surface area contributed by atoms with Gasteiger partial charge < -0.3 is 9.84 Å². The van der Waals surface area contributed by atoms with Crippen molar-refractivity contribution in [1.82, 2.24) is 10.1 Å². The van der Waals surface area contributed by atoms with Gasteiger partial charge in [0.2, 0.25) is 5.91 Å². The number of nitrogens with one attached hydrogen (secondary N) is 1. The summed E-state index contributed by atoms with van der Waals surface area (Å²) in [5.41, 5.74) is 1.29. The van der Waals surface area contributed by atoms with E-state index < -0.39 is 15.3 Å². The van der Waals surface area contributed by atoms with Crippen molar-refractivity contribution in [2.24, 2.45) is 0 Å². The first-order chi connectivity index (χ1) is 14.7. The summed E-state index contributed by atoms with van der Waals surface area (Å²) in [4.78, 5) is 17.7. The van der Waals surface area contributed by atoms with Gasteiger partial charge in [0.05, 0.1) is 26.2 Å². The van der Waals surface area contributed by atoms with E-state index in [1.807, 2.05) is 12.1 Å². The van der Waals surface area contributed by atoms with E-state index in [4.69, 9.17) is 16.1 Å². The lowest BCUT2D eigenvalue weighted by Crippen LogP contribution is -2.28. The highest BCUT2D eigenvalue weighted by molar-refractivity contribution is 7.90. The molecule has 1 saturated carbocycles. The van der Waals surface area contributed by atoms with Crippen LogP contribution in [0.3, 0.4) is 0 Å². The predicted octanol–water partition coefficient (Wildman–Crippen LogP) is 4.68. The molecule has 0 atom stereocenters. The molecule has 31 heavy (non-hydrogen) atoms. The number of rotatable bonds is 5. The van der Waals surface area contributed by atoms with E-state index >= 15 is 0 Å². The van der Waals surface area contributed by atoms with Gasteiger partial charge in [-0.15, -0.1) is 0 Å². The molecule has 0 unspecified atom stereocenters. The number of hydrogen-bond acceptors (Lipinski definition) is 7. The van der Waals surface area contributed by atoms with E-state index in [0.29, 0.717) is 44.7 Å². The van der Waals surface area contributed by atoms with Crippen molar-refractivity contribution in [2.45, 2.75) is 23.2 Å². The molecular formula is C21H16ClN3O4S2. The third-order valence-corrected chi connectivity index (χ3v) is 7.62. The Balaban J connectivity index is 1.38. The Morgan fingerprint density at radius 2 is 1.90 bits per heavy atom. The van der Waals surface area contributed by atoms with Crippen LogP contribution in [0.1, 0.15) is 18.5 Å². The van der Waals surface area contributed by atoms with Gasteiger partial charge in [-0.3, -0.25) is 4.79 Å². The molecule has 1 aliphatic carbocycles. The maximum Gasteiger partial charge on any atom is 0.238 e. The lowest BCUT2D eigenvalue weighted by molar-refractivity contribution is -0.118. The predicted molar refractivity (Wildman–Crippen MR) is 119 cm³/mol. The number of anilines is 1. The summed E-state index contributed by atoms with van der Waals surface area (Å²) in [6.45, 7) is 0. The number of carbonyl (C=O) groups excluding carboxylic acids is 1. The fourth-order valence-electron chi connectivity index (χ4n) is 3.38. The Hall–Kier alpha value is -2.75. The van der Waals surface area contributed by atoms with Crippen molar-refractivity contribution >= 4 is 54.0 Å². The second-order valence-corrected chi connectivity index (χ2v) is 11.0. The topological polar surface area (TPSA) is 102 Å². The van der Waals surface area contributed by atoms with E-state index in [1.165, 1.54) is 17.4 Å². The minimum Gasteiger partial charge on any atom is -0.356 e. The van der Waals surface area contributed by atoms with Crippen molar-refractivity contribution in [3.05, 3.63) is 59.2 Å². The summed E-state index contributed by atoms with van der Waals surface area (Å²) in [5.74, 6) is 0.366. The zero-order chi connectivity index (χ0) is 21.8. The van der Waals surface area contributed by atoms with Crippen LogP contribution in [0.4, 0.5) is 5.13 Å². The zero-order valence-corrected chi connectivity index (χ0v) is 18.6. The quantitative estimate of drug-likeness (QED) is 0.451. The van der Waals surface area contributed by atoms with Crippen molar-refractivity contribution in [3.8, 4) is 11.3 Å². The molecule has 5 rings (SSSR count). The van der Waals surface area contributed by atoms with E-state index in [2.05, 4.69) is 15.5 Å². The summed E-state index contributed by atoms with van der Waals surface area (Å²) in [6.07, 6.45) is 2.48. The smallest absolute Gasteiger partial charge is 0.238 e. The minimum atomic E-state index is -3.31. The van der Waals surface area contributed by atoms with Gasteiger partial charge >= 0.3 is 0 Å². The molecule has 7 nitrogen and oxygen atoms in total. The molecule has 0 saturated heterocycles. The molecule has 2 aromatic heterocycles. The average molecular weight is 474 g/mol. The number of nitrogens with zero attached hydrogens (tertiary/aromatic N) is 2. The summed E-state index contributed by atoms with van der Waals surface area (Å²) >= 11 is 7.17. The molecule has 0 radical (unpaired) electrons. The number of amides is 1. The van der Waals surface area contributed by atoms with Crippen LogP contribution in [0.2, 0.25) is 5.02 Å². The van der Waals surface area contributed by atoms with E-state index in [-0.39, 0.29) is 10.8 Å². The summed E-state index contributed by atoms with van der Waals surface area (Å²) in [6, 6.07) is 13.7. The fourth-order valence-corrected chi connectivity index (χ4v) is 5.13. The van der Waals surface area contributed by atoms with Crippen molar-refractivity contribution in [1.29, 1.82) is 0 Å². The molecule has 4 aromatic rings. The van der Waals surface area contributed by atoms with Crippen molar-refractivity contribution in [3.63, 3.8) is 0 Å². The number of hydrogen-bond donors (Lipinski definition) is 1. The van der Waals surface area contributed by atoms with Crippen LogP contribution in [0.15, 0.2) is 57.9 Å². The molecular weight excluding hydrogens is 458 g/mol. The van der Waals surface area contributed by atoms with Crippen molar-refractivity contribution in [2.75, 3.05) is 11.6 Å². The molecule has 1 aliphatic rings. The lowest BCUT2D eigenvalue weighted by atomic mass is 10.0. The van der Waals surface area contributed by atoms with Crippen LogP contribution in [0, 0.1) is 0 Å². The molecule has 0 aliphatic heterocycles. The van der Waals surface area contributed by atoms with Crippen molar-refractivity contribution < 1.29 is 17.7 Å². The molecule has 1 N–H and O–H groups in total. The first-order valence-corrected chi connectivity index (χ1v) is 12.5. The Morgan fingerprint density at radius 1 is 1.16 bits per heavy atom. The van der Waals surface area contributed by atoms with Gasteiger partial charge in [-0.2, -0.15) is 0 Å². The molecule has 2 aromatic carbocycles. The number of sulfone groups is 1. The van der Waals surface area contributed by atoms with E-state index in [0.717, 1.165) is 11.8 Å². The number of aromatic nitrogens is 2. The third-order valence-electron chi connectivity index (χ3n) is 5.32. The van der Waals surface area contributed by atoms with Gasteiger partial charge in [-0.05, 0) is 55.3 Å². The molecule has 10 heteroatoms. The van der Waals surface area contributed by atoms with Crippen LogP contribution in [0.5, 0.6) is 0 Å². The molecule has 0 spiro atoms. The van der Waals surface area contributed by atoms with Gasteiger partial charge in [0, 0.05) is 22.9 Å². The normalized spacial score (nSPS) is 15.2. The van der Waals surface area contributed by atoms with E-state index in [1.54, 1.807) is 30.3 Å². The minimum absolute atomic E-state index is 0.203. The second kappa shape index (κ2) is 7.15. The SMILES string of the molecule is CS(=O)(=O)c1ccc2nc(NC(=O)C3(c4cc(-c5ccc(Cl)cc5)on4)CC3)sc2c1.